The molecule has 0 fully saturated rings. The highest BCUT2D eigenvalue weighted by Crippen LogP contribution is 1.84. The maximum Gasteiger partial charge on any atom is 0.0465 e. The maximum atomic E-state index is 8.35. The molecule has 0 amide bonds. The van der Waals surface area contributed by atoms with Gasteiger partial charge >= 0.3 is 0 Å². The van der Waals surface area contributed by atoms with Crippen LogP contribution in [-0.2, 0) is 0 Å². The molecule has 0 rings (SSSR count). The molecule has 0 atom stereocenters. The fourth-order valence-electron chi connectivity index (χ4n) is 0.464. The summed E-state index contributed by atoms with van der Waals surface area (Å²) in [5, 5.41) is 8.35. The summed E-state index contributed by atoms with van der Waals surface area (Å²) in [6.07, 6.45) is 9.81. The van der Waals surface area contributed by atoms with Gasteiger partial charge in [0, 0.05) is 6.61 Å². The fourth-order valence-corrected chi connectivity index (χ4v) is 0.464. The van der Waals surface area contributed by atoms with Crippen LogP contribution in [-0.4, -0.2) is 11.7 Å². The number of aliphatic hydroxyl groups excluding tert-OH is 1. The molecule has 0 radical (unpaired) electrons. The van der Waals surface area contributed by atoms with E-state index in [1.807, 2.05) is 18.2 Å². The number of hydrogen-bond donors (Lipinski definition) is 1. The van der Waals surface area contributed by atoms with Gasteiger partial charge in [-0.1, -0.05) is 31.2 Å². The highest BCUT2D eigenvalue weighted by molar-refractivity contribution is 5.01. The predicted molar refractivity (Wildman–Crippen MR) is 40.3 cm³/mol. The Morgan fingerprint density at radius 3 is 2.44 bits per heavy atom. The number of rotatable bonds is 4. The first kappa shape index (κ1) is 8.44. The standard InChI is InChI=1S/C8H14O/c1-2-3-4-5-6-7-8-9/h3-6,9H,2,7-8H2,1H3/b4-3-,6-5+. The summed E-state index contributed by atoms with van der Waals surface area (Å²) in [5.74, 6) is 0. The molecule has 1 heteroatoms. The zero-order valence-electron chi connectivity index (χ0n) is 5.88. The average molecular weight is 126 g/mol. The van der Waals surface area contributed by atoms with E-state index < -0.39 is 0 Å². The number of hydrogen-bond acceptors (Lipinski definition) is 1. The molecule has 0 aliphatic heterocycles. The molecular weight excluding hydrogens is 112 g/mol. The normalized spacial score (nSPS) is 11.8. The van der Waals surface area contributed by atoms with E-state index in [0.29, 0.717) is 0 Å². The zero-order valence-corrected chi connectivity index (χ0v) is 5.88. The van der Waals surface area contributed by atoms with Crippen molar-refractivity contribution in [3.63, 3.8) is 0 Å². The van der Waals surface area contributed by atoms with Crippen LogP contribution in [0, 0.1) is 0 Å². The summed E-state index contributed by atoms with van der Waals surface area (Å²) in [6.45, 7) is 2.34. The van der Waals surface area contributed by atoms with Gasteiger partial charge in [-0.25, -0.2) is 0 Å². The Morgan fingerprint density at radius 2 is 1.89 bits per heavy atom. The first-order valence-corrected chi connectivity index (χ1v) is 3.34. The monoisotopic (exact) mass is 126 g/mol. The molecular formula is C8H14O. The van der Waals surface area contributed by atoms with Gasteiger partial charge in [0.05, 0.1) is 0 Å². The third-order valence-corrected chi connectivity index (χ3v) is 0.915. The van der Waals surface area contributed by atoms with Gasteiger partial charge in [-0.3, -0.25) is 0 Å². The lowest BCUT2D eigenvalue weighted by molar-refractivity contribution is 0.302. The molecule has 1 nitrogen and oxygen atoms in total. The van der Waals surface area contributed by atoms with E-state index in [1.54, 1.807) is 0 Å². The smallest absolute Gasteiger partial charge is 0.0465 e. The zero-order chi connectivity index (χ0) is 6.95. The van der Waals surface area contributed by atoms with E-state index in [4.69, 9.17) is 5.11 Å². The Labute approximate surface area is 56.7 Å². The lowest BCUT2D eigenvalue weighted by atomic mass is 10.3. The lowest BCUT2D eigenvalue weighted by Crippen LogP contribution is -1.73. The van der Waals surface area contributed by atoms with Gasteiger partial charge in [-0.15, -0.1) is 0 Å². The summed E-state index contributed by atoms with van der Waals surface area (Å²) in [5.41, 5.74) is 0. The fraction of sp³-hybridized carbons (Fsp3) is 0.500. The molecule has 1 N–H and O–H groups in total. The molecule has 0 spiro atoms. The summed E-state index contributed by atoms with van der Waals surface area (Å²) >= 11 is 0. The Hall–Kier alpha value is -0.560. The Balaban J connectivity index is 3.13. The van der Waals surface area contributed by atoms with Crippen molar-refractivity contribution in [2.24, 2.45) is 0 Å². The second kappa shape index (κ2) is 7.44. The third-order valence-electron chi connectivity index (χ3n) is 0.915. The Kier molecular flexibility index (Phi) is 6.98. The summed E-state index contributed by atoms with van der Waals surface area (Å²) < 4.78 is 0. The van der Waals surface area contributed by atoms with Crippen LogP contribution >= 0.6 is 0 Å². The van der Waals surface area contributed by atoms with E-state index in [0.717, 1.165) is 12.8 Å². The van der Waals surface area contributed by atoms with Crippen molar-refractivity contribution < 1.29 is 5.11 Å². The topological polar surface area (TPSA) is 20.2 Å². The van der Waals surface area contributed by atoms with E-state index in [9.17, 15) is 0 Å². The van der Waals surface area contributed by atoms with Crippen molar-refractivity contribution in [2.45, 2.75) is 19.8 Å². The molecule has 52 valence electrons. The molecule has 9 heavy (non-hydrogen) atoms. The van der Waals surface area contributed by atoms with Gasteiger partial charge in [-0.2, -0.15) is 0 Å². The third kappa shape index (κ3) is 7.44. The molecule has 0 unspecified atom stereocenters. The highest BCUT2D eigenvalue weighted by atomic mass is 16.2. The van der Waals surface area contributed by atoms with Gasteiger partial charge in [-0.05, 0) is 12.8 Å². The quantitative estimate of drug-likeness (QED) is 0.570. The van der Waals surface area contributed by atoms with Crippen molar-refractivity contribution in [2.75, 3.05) is 6.61 Å². The van der Waals surface area contributed by atoms with Crippen molar-refractivity contribution in [1.29, 1.82) is 0 Å². The van der Waals surface area contributed by atoms with Crippen LogP contribution in [0.5, 0.6) is 0 Å². The maximum absolute atomic E-state index is 8.35. The molecule has 0 saturated heterocycles. The first-order valence-electron chi connectivity index (χ1n) is 3.34. The molecule has 0 aliphatic rings. The number of aliphatic hydroxyl groups is 1. The molecule has 0 aromatic rings. The average Bonchev–Trinajstić information content (AvgIpc) is 1.89. The van der Waals surface area contributed by atoms with Gasteiger partial charge in [0.2, 0.25) is 0 Å². The molecule has 0 aromatic carbocycles. The van der Waals surface area contributed by atoms with Crippen LogP contribution < -0.4 is 0 Å². The van der Waals surface area contributed by atoms with E-state index >= 15 is 0 Å². The van der Waals surface area contributed by atoms with Crippen molar-refractivity contribution in [3.8, 4) is 0 Å². The summed E-state index contributed by atoms with van der Waals surface area (Å²) in [7, 11) is 0. The van der Waals surface area contributed by atoms with Crippen LogP contribution in [0.15, 0.2) is 24.3 Å². The molecule has 0 saturated carbocycles. The van der Waals surface area contributed by atoms with Crippen LogP contribution in [0.3, 0.4) is 0 Å². The van der Waals surface area contributed by atoms with Crippen molar-refractivity contribution in [1.82, 2.24) is 0 Å². The van der Waals surface area contributed by atoms with Crippen LogP contribution in [0.1, 0.15) is 19.8 Å². The predicted octanol–water partition coefficient (Wildman–Crippen LogP) is 1.89. The largest absolute Gasteiger partial charge is 0.396 e. The minimum atomic E-state index is 0.246. The van der Waals surface area contributed by atoms with Crippen LogP contribution in [0.4, 0.5) is 0 Å². The Morgan fingerprint density at radius 1 is 1.22 bits per heavy atom. The van der Waals surface area contributed by atoms with Gasteiger partial charge < -0.3 is 5.11 Å². The van der Waals surface area contributed by atoms with E-state index in [1.165, 1.54) is 0 Å². The summed E-state index contributed by atoms with van der Waals surface area (Å²) in [6, 6.07) is 0. The van der Waals surface area contributed by atoms with E-state index in [2.05, 4.69) is 13.0 Å². The molecule has 0 aliphatic carbocycles. The second-order valence-corrected chi connectivity index (χ2v) is 1.78. The van der Waals surface area contributed by atoms with Gasteiger partial charge in [0.1, 0.15) is 0 Å². The SMILES string of the molecule is CC/C=C\C=C\CCO. The van der Waals surface area contributed by atoms with Crippen LogP contribution in [0.25, 0.3) is 0 Å². The second-order valence-electron chi connectivity index (χ2n) is 1.78. The molecule has 0 heterocycles. The Bertz CT molecular complexity index is 92.7. The molecule has 0 aromatic heterocycles. The minimum absolute atomic E-state index is 0.246. The van der Waals surface area contributed by atoms with Gasteiger partial charge in [0.15, 0.2) is 0 Å². The van der Waals surface area contributed by atoms with Crippen molar-refractivity contribution >= 4 is 0 Å². The number of allylic oxidation sites excluding steroid dienone is 3. The van der Waals surface area contributed by atoms with Crippen molar-refractivity contribution in [3.05, 3.63) is 24.3 Å². The lowest BCUT2D eigenvalue weighted by Gasteiger charge is -1.79. The van der Waals surface area contributed by atoms with E-state index in [-0.39, 0.29) is 6.61 Å². The minimum Gasteiger partial charge on any atom is -0.396 e. The molecule has 0 bridgehead atoms. The van der Waals surface area contributed by atoms with Crippen LogP contribution in [0.2, 0.25) is 0 Å². The first-order chi connectivity index (χ1) is 4.41. The highest BCUT2D eigenvalue weighted by Gasteiger charge is 1.69. The summed E-state index contributed by atoms with van der Waals surface area (Å²) in [4.78, 5) is 0. The van der Waals surface area contributed by atoms with Gasteiger partial charge in [0.25, 0.3) is 0 Å².